The van der Waals surface area contributed by atoms with E-state index in [1.54, 1.807) is 12.1 Å². The molecule has 1 heterocycles. The van der Waals surface area contributed by atoms with Crippen LogP contribution in [0.25, 0.3) is 0 Å². The number of benzene rings is 2. The van der Waals surface area contributed by atoms with Gasteiger partial charge in [0.05, 0.1) is 19.6 Å². The fourth-order valence-corrected chi connectivity index (χ4v) is 2.77. The van der Waals surface area contributed by atoms with Crippen molar-refractivity contribution in [1.29, 1.82) is 0 Å². The summed E-state index contributed by atoms with van der Waals surface area (Å²) in [7, 11) is 0. The van der Waals surface area contributed by atoms with E-state index in [4.69, 9.17) is 4.74 Å². The van der Waals surface area contributed by atoms with Gasteiger partial charge in [-0.3, -0.25) is 9.59 Å². The molecular formula is C20H20N2O3. The molecule has 2 N–H and O–H groups in total. The maximum Gasteiger partial charge on any atom is 0.247 e. The molecule has 0 aliphatic carbocycles. The molecule has 0 unspecified atom stereocenters. The normalized spacial score (nSPS) is 14.9. The van der Waals surface area contributed by atoms with Gasteiger partial charge in [-0.15, -0.1) is 0 Å². The van der Waals surface area contributed by atoms with Crippen molar-refractivity contribution in [2.75, 3.05) is 18.5 Å². The molecule has 25 heavy (non-hydrogen) atoms. The predicted octanol–water partition coefficient (Wildman–Crippen LogP) is 2.40. The number of carbonyl (C=O) groups is 2. The third kappa shape index (κ3) is 3.95. The highest BCUT2D eigenvalue weighted by Crippen LogP contribution is 2.29. The lowest BCUT2D eigenvalue weighted by Crippen LogP contribution is -2.59. The number of amides is 2. The van der Waals surface area contributed by atoms with Crippen molar-refractivity contribution in [2.24, 2.45) is 0 Å². The second kappa shape index (κ2) is 7.32. The summed E-state index contributed by atoms with van der Waals surface area (Å²) >= 11 is 0. The smallest absolute Gasteiger partial charge is 0.247 e. The van der Waals surface area contributed by atoms with Crippen LogP contribution in [0.2, 0.25) is 0 Å². The quantitative estimate of drug-likeness (QED) is 0.796. The minimum atomic E-state index is -0.434. The van der Waals surface area contributed by atoms with Crippen molar-refractivity contribution in [3.05, 3.63) is 78.4 Å². The Hall–Kier alpha value is -2.92. The second-order valence-electron chi connectivity index (χ2n) is 6.06. The van der Waals surface area contributed by atoms with Crippen LogP contribution in [0.1, 0.15) is 11.1 Å². The average Bonchev–Trinajstić information content (AvgIpc) is 2.60. The number of nitrogens with one attached hydrogen (secondary N) is 2. The largest absolute Gasteiger partial charge is 0.376 e. The number of rotatable bonds is 6. The van der Waals surface area contributed by atoms with Gasteiger partial charge in [0, 0.05) is 5.69 Å². The highest BCUT2D eigenvalue weighted by atomic mass is 16.5. The summed E-state index contributed by atoms with van der Waals surface area (Å²) in [5.41, 5.74) is 2.16. The molecule has 0 spiro atoms. The van der Waals surface area contributed by atoms with Crippen molar-refractivity contribution in [2.45, 2.75) is 12.0 Å². The zero-order valence-corrected chi connectivity index (χ0v) is 13.8. The molecule has 2 amide bonds. The molecule has 2 aromatic carbocycles. The lowest BCUT2D eigenvalue weighted by atomic mass is 9.87. The number of carbonyl (C=O) groups excluding carboxylic acids is 2. The monoisotopic (exact) mass is 336 g/mol. The fraction of sp³-hybridized carbons (Fsp3) is 0.200. The van der Waals surface area contributed by atoms with Crippen LogP contribution in [0, 0.1) is 0 Å². The Bertz CT molecular complexity index is 765. The Labute approximate surface area is 146 Å². The van der Waals surface area contributed by atoms with Gasteiger partial charge in [-0.2, -0.15) is 0 Å². The van der Waals surface area contributed by atoms with E-state index < -0.39 is 5.54 Å². The molecule has 0 radical (unpaired) electrons. The van der Waals surface area contributed by atoms with Gasteiger partial charge in [0.1, 0.15) is 5.54 Å². The van der Waals surface area contributed by atoms with Gasteiger partial charge in [0.25, 0.3) is 0 Å². The van der Waals surface area contributed by atoms with E-state index in [-0.39, 0.29) is 18.2 Å². The van der Waals surface area contributed by atoms with Gasteiger partial charge in [0.2, 0.25) is 11.8 Å². The van der Waals surface area contributed by atoms with E-state index in [1.165, 1.54) is 6.08 Å². The first-order chi connectivity index (χ1) is 12.1. The van der Waals surface area contributed by atoms with Crippen molar-refractivity contribution >= 4 is 17.5 Å². The topological polar surface area (TPSA) is 67.4 Å². The van der Waals surface area contributed by atoms with Crippen molar-refractivity contribution in [1.82, 2.24) is 5.32 Å². The summed E-state index contributed by atoms with van der Waals surface area (Å²) < 4.78 is 5.34. The average molecular weight is 336 g/mol. The van der Waals surface area contributed by atoms with E-state index in [2.05, 4.69) is 17.2 Å². The minimum Gasteiger partial charge on any atom is -0.376 e. The molecule has 128 valence electrons. The van der Waals surface area contributed by atoms with Gasteiger partial charge >= 0.3 is 0 Å². The first-order valence-electron chi connectivity index (χ1n) is 8.08. The molecular weight excluding hydrogens is 316 g/mol. The standard InChI is InChI=1S/C20H20N2O3/c1-2-18(23)21-17-10-8-15(9-11-17)12-19(24)22-20(13-25-14-20)16-6-4-3-5-7-16/h2-11H,1,12-14H2,(H,21,23)(H,22,24). The lowest BCUT2D eigenvalue weighted by Gasteiger charge is -2.42. The van der Waals surface area contributed by atoms with Crippen LogP contribution in [0.15, 0.2) is 67.3 Å². The Morgan fingerprint density at radius 1 is 1.08 bits per heavy atom. The number of ether oxygens (including phenoxy) is 1. The zero-order valence-electron chi connectivity index (χ0n) is 13.8. The van der Waals surface area contributed by atoms with E-state index in [1.807, 2.05) is 42.5 Å². The maximum atomic E-state index is 12.5. The van der Waals surface area contributed by atoms with E-state index in [0.29, 0.717) is 18.9 Å². The fourth-order valence-electron chi connectivity index (χ4n) is 2.77. The highest BCUT2D eigenvalue weighted by molar-refractivity contribution is 5.98. The van der Waals surface area contributed by atoms with Crippen LogP contribution in [0.5, 0.6) is 0 Å². The van der Waals surface area contributed by atoms with Crippen LogP contribution in [-0.2, 0) is 26.3 Å². The predicted molar refractivity (Wildman–Crippen MR) is 96.1 cm³/mol. The van der Waals surface area contributed by atoms with Crippen molar-refractivity contribution in [3.8, 4) is 0 Å². The van der Waals surface area contributed by atoms with Crippen LogP contribution in [0.4, 0.5) is 5.69 Å². The summed E-state index contributed by atoms with van der Waals surface area (Å²) in [4.78, 5) is 23.7. The molecule has 5 nitrogen and oxygen atoms in total. The summed E-state index contributed by atoms with van der Waals surface area (Å²) in [5.74, 6) is -0.324. The zero-order chi connectivity index (χ0) is 17.7. The van der Waals surface area contributed by atoms with E-state index >= 15 is 0 Å². The van der Waals surface area contributed by atoms with E-state index in [0.717, 1.165) is 11.1 Å². The molecule has 1 saturated heterocycles. The lowest BCUT2D eigenvalue weighted by molar-refractivity contribution is -0.133. The van der Waals surface area contributed by atoms with Gasteiger partial charge in [-0.05, 0) is 29.3 Å². The minimum absolute atomic E-state index is 0.0602. The van der Waals surface area contributed by atoms with Gasteiger partial charge < -0.3 is 15.4 Å². The Kier molecular flexibility index (Phi) is 4.95. The van der Waals surface area contributed by atoms with Crippen LogP contribution in [0.3, 0.4) is 0 Å². The summed E-state index contributed by atoms with van der Waals surface area (Å²) in [6.07, 6.45) is 1.48. The molecule has 1 aliphatic heterocycles. The Morgan fingerprint density at radius 3 is 2.32 bits per heavy atom. The SMILES string of the molecule is C=CC(=O)Nc1ccc(CC(=O)NC2(c3ccccc3)COC2)cc1. The van der Waals surface area contributed by atoms with Crippen LogP contribution >= 0.6 is 0 Å². The molecule has 2 aromatic rings. The molecule has 5 heteroatoms. The Morgan fingerprint density at radius 2 is 1.76 bits per heavy atom. The highest BCUT2D eigenvalue weighted by Gasteiger charge is 2.41. The first-order valence-corrected chi connectivity index (χ1v) is 8.08. The number of hydrogen-bond acceptors (Lipinski definition) is 3. The number of hydrogen-bond donors (Lipinski definition) is 2. The van der Waals surface area contributed by atoms with Crippen molar-refractivity contribution in [3.63, 3.8) is 0 Å². The van der Waals surface area contributed by atoms with Gasteiger partial charge in [-0.25, -0.2) is 0 Å². The summed E-state index contributed by atoms with van der Waals surface area (Å²) in [5, 5.41) is 5.78. The molecule has 1 aliphatic rings. The maximum absolute atomic E-state index is 12.5. The van der Waals surface area contributed by atoms with E-state index in [9.17, 15) is 9.59 Å². The molecule has 0 bridgehead atoms. The molecule has 0 saturated carbocycles. The molecule has 3 rings (SSSR count). The third-order valence-electron chi connectivity index (χ3n) is 4.17. The summed E-state index contributed by atoms with van der Waals surface area (Å²) in [6.45, 7) is 4.37. The first kappa shape index (κ1) is 16.9. The third-order valence-corrected chi connectivity index (χ3v) is 4.17. The van der Waals surface area contributed by atoms with Crippen LogP contribution < -0.4 is 10.6 Å². The molecule has 0 aromatic heterocycles. The molecule has 0 atom stereocenters. The van der Waals surface area contributed by atoms with Crippen molar-refractivity contribution < 1.29 is 14.3 Å². The van der Waals surface area contributed by atoms with Gasteiger partial charge in [0.15, 0.2) is 0 Å². The molecule has 1 fully saturated rings. The van der Waals surface area contributed by atoms with Crippen LogP contribution in [-0.4, -0.2) is 25.0 Å². The Balaban J connectivity index is 1.62. The van der Waals surface area contributed by atoms with Gasteiger partial charge in [-0.1, -0.05) is 49.0 Å². The second-order valence-corrected chi connectivity index (χ2v) is 6.06. The number of anilines is 1. The summed E-state index contributed by atoms with van der Waals surface area (Å²) in [6, 6.07) is 17.0.